The number of benzene rings is 8. The van der Waals surface area contributed by atoms with E-state index in [1.807, 2.05) is 24.3 Å². The van der Waals surface area contributed by atoms with Gasteiger partial charge >= 0.3 is 0 Å². The average molecular weight is 665 g/mol. The van der Waals surface area contributed by atoms with Crippen LogP contribution in [0.4, 0.5) is 0 Å². The summed E-state index contributed by atoms with van der Waals surface area (Å²) in [6.07, 6.45) is 0. The Bertz CT molecular complexity index is 2850. The first-order chi connectivity index (χ1) is 25.7. The van der Waals surface area contributed by atoms with E-state index in [2.05, 4.69) is 159 Å². The van der Waals surface area contributed by atoms with Gasteiger partial charge in [-0.15, -0.1) is 0 Å². The van der Waals surface area contributed by atoms with E-state index in [0.717, 1.165) is 66.1 Å². The lowest BCUT2D eigenvalue weighted by atomic mass is 9.67. The van der Waals surface area contributed by atoms with Crippen molar-refractivity contribution in [2.75, 3.05) is 0 Å². The average Bonchev–Trinajstić information content (AvgIpc) is 3.86. The number of fused-ring (bicyclic) bond motifs is 9. The van der Waals surface area contributed by atoms with Crippen LogP contribution in [0.5, 0.6) is 0 Å². The molecule has 2 heterocycles. The zero-order valence-corrected chi connectivity index (χ0v) is 28.6. The molecule has 0 unspecified atom stereocenters. The van der Waals surface area contributed by atoms with Gasteiger partial charge in [0.25, 0.3) is 0 Å². The molecule has 1 aliphatic rings. The molecule has 0 saturated carbocycles. The van der Waals surface area contributed by atoms with Crippen LogP contribution in [0.25, 0.3) is 77.3 Å². The highest BCUT2D eigenvalue weighted by Gasteiger charge is 2.46. The van der Waals surface area contributed by atoms with Crippen LogP contribution in [0.15, 0.2) is 185 Å². The molecule has 0 bridgehead atoms. The maximum absolute atomic E-state index is 6.45. The van der Waals surface area contributed by atoms with Crippen LogP contribution in [0, 0.1) is 6.92 Å². The first-order valence-corrected chi connectivity index (χ1v) is 17.9. The van der Waals surface area contributed by atoms with E-state index in [4.69, 9.17) is 8.83 Å². The second kappa shape index (κ2) is 10.9. The summed E-state index contributed by atoms with van der Waals surface area (Å²) in [5.74, 6) is 0. The Kier molecular flexibility index (Phi) is 6.12. The molecule has 2 nitrogen and oxygen atoms in total. The minimum absolute atomic E-state index is 0.508. The number of hydrogen-bond acceptors (Lipinski definition) is 2. The molecule has 10 aromatic rings. The molecule has 8 aromatic carbocycles. The molecule has 0 fully saturated rings. The summed E-state index contributed by atoms with van der Waals surface area (Å²) < 4.78 is 12.9. The number of hydrogen-bond donors (Lipinski definition) is 0. The lowest BCUT2D eigenvalue weighted by molar-refractivity contribution is 0.669. The maximum Gasteiger partial charge on any atom is 0.143 e. The maximum atomic E-state index is 6.45. The van der Waals surface area contributed by atoms with Crippen molar-refractivity contribution in [1.29, 1.82) is 0 Å². The molecule has 0 aliphatic heterocycles. The highest BCUT2D eigenvalue weighted by Crippen LogP contribution is 2.56. The number of rotatable bonds is 4. The molecule has 2 heteroatoms. The quantitative estimate of drug-likeness (QED) is 0.187. The summed E-state index contributed by atoms with van der Waals surface area (Å²) in [5.41, 5.74) is 16.5. The molecule has 0 amide bonds. The lowest BCUT2D eigenvalue weighted by Crippen LogP contribution is -2.28. The van der Waals surface area contributed by atoms with E-state index in [0.29, 0.717) is 0 Å². The largest absolute Gasteiger partial charge is 0.455 e. The Hall–Kier alpha value is -6.64. The summed E-state index contributed by atoms with van der Waals surface area (Å²) >= 11 is 0. The third-order valence-corrected chi connectivity index (χ3v) is 11.3. The zero-order valence-electron chi connectivity index (χ0n) is 28.6. The summed E-state index contributed by atoms with van der Waals surface area (Å²) in [7, 11) is 0. The van der Waals surface area contributed by atoms with Crippen LogP contribution < -0.4 is 0 Å². The van der Waals surface area contributed by atoms with Gasteiger partial charge in [-0.25, -0.2) is 0 Å². The van der Waals surface area contributed by atoms with Crippen molar-refractivity contribution in [3.05, 3.63) is 204 Å². The van der Waals surface area contributed by atoms with Gasteiger partial charge in [0.1, 0.15) is 22.3 Å². The van der Waals surface area contributed by atoms with Gasteiger partial charge in [0, 0.05) is 32.7 Å². The van der Waals surface area contributed by atoms with Crippen LogP contribution in [0.3, 0.4) is 0 Å². The fourth-order valence-electron chi connectivity index (χ4n) is 8.93. The molecule has 52 heavy (non-hydrogen) atoms. The molecular weight excluding hydrogens is 633 g/mol. The Morgan fingerprint density at radius 3 is 1.40 bits per heavy atom. The highest BCUT2D eigenvalue weighted by atomic mass is 16.3. The van der Waals surface area contributed by atoms with Crippen molar-refractivity contribution in [1.82, 2.24) is 0 Å². The molecule has 2 aromatic heterocycles. The molecule has 1 aliphatic carbocycles. The number of aryl methyl sites for hydroxylation is 1. The third kappa shape index (κ3) is 4.01. The summed E-state index contributed by atoms with van der Waals surface area (Å²) in [4.78, 5) is 0. The SMILES string of the molecule is Cc1ccc2c(c1)C(c1ccc(-c3cccc4c3oc3ccccc34)cc1)(c1ccc(-c3cccc4c3oc3ccccc34)cc1)c1ccccc1-2. The Balaban J connectivity index is 1.11. The molecule has 0 N–H and O–H groups in total. The highest BCUT2D eigenvalue weighted by molar-refractivity contribution is 6.10. The summed E-state index contributed by atoms with van der Waals surface area (Å²) in [6.45, 7) is 2.20. The van der Waals surface area contributed by atoms with Gasteiger partial charge in [0.2, 0.25) is 0 Å². The molecule has 11 rings (SSSR count). The summed E-state index contributed by atoms with van der Waals surface area (Å²) in [5, 5.41) is 4.57. The molecular formula is C50H32O2. The zero-order chi connectivity index (χ0) is 34.4. The minimum Gasteiger partial charge on any atom is -0.455 e. The van der Waals surface area contributed by atoms with Crippen molar-refractivity contribution in [2.45, 2.75) is 12.3 Å². The van der Waals surface area contributed by atoms with Crippen molar-refractivity contribution < 1.29 is 8.83 Å². The minimum atomic E-state index is -0.508. The van der Waals surface area contributed by atoms with Gasteiger partial charge in [0.05, 0.1) is 5.41 Å². The van der Waals surface area contributed by atoms with E-state index >= 15 is 0 Å². The van der Waals surface area contributed by atoms with Gasteiger partial charge in [-0.1, -0.05) is 169 Å². The van der Waals surface area contributed by atoms with Gasteiger partial charge < -0.3 is 8.83 Å². The van der Waals surface area contributed by atoms with Gasteiger partial charge in [-0.05, 0) is 63.6 Å². The molecule has 0 radical (unpaired) electrons. The van der Waals surface area contributed by atoms with Gasteiger partial charge in [-0.2, -0.15) is 0 Å². The fraction of sp³-hybridized carbons (Fsp3) is 0.0400. The van der Waals surface area contributed by atoms with Crippen LogP contribution in [-0.4, -0.2) is 0 Å². The van der Waals surface area contributed by atoms with Crippen molar-refractivity contribution in [3.63, 3.8) is 0 Å². The normalized spacial score (nSPS) is 13.2. The molecule has 0 spiro atoms. The number of furan rings is 2. The second-order valence-corrected chi connectivity index (χ2v) is 14.1. The Morgan fingerprint density at radius 2 is 0.827 bits per heavy atom. The van der Waals surface area contributed by atoms with Gasteiger partial charge in [-0.3, -0.25) is 0 Å². The fourth-order valence-corrected chi connectivity index (χ4v) is 8.93. The van der Waals surface area contributed by atoms with Crippen molar-refractivity contribution in [3.8, 4) is 33.4 Å². The van der Waals surface area contributed by atoms with E-state index in [1.54, 1.807) is 0 Å². The van der Waals surface area contributed by atoms with Crippen LogP contribution in [0.1, 0.15) is 27.8 Å². The predicted octanol–water partition coefficient (Wildman–Crippen LogP) is 13.5. The Labute approximate surface area is 301 Å². The molecule has 0 saturated heterocycles. The van der Waals surface area contributed by atoms with E-state index in [1.165, 1.54) is 38.9 Å². The predicted molar refractivity (Wildman–Crippen MR) is 214 cm³/mol. The van der Waals surface area contributed by atoms with E-state index in [9.17, 15) is 0 Å². The summed E-state index contributed by atoms with van der Waals surface area (Å²) in [6, 6.07) is 63.7. The second-order valence-electron chi connectivity index (χ2n) is 14.1. The third-order valence-electron chi connectivity index (χ3n) is 11.3. The standard InChI is InChI=1S/C50H32O2/c1-31-20-29-39-38-10-2-5-17-44(38)50(45(39)30-31,34-25-21-32(22-26-34)36-13-8-15-42-40-11-3-6-18-46(40)51-48(36)42)35-27-23-33(24-28-35)37-14-9-16-43-41-12-4-7-19-47(41)52-49(37)43/h2-30H,1H3. The monoisotopic (exact) mass is 664 g/mol. The topological polar surface area (TPSA) is 26.3 Å². The Morgan fingerprint density at radius 1 is 0.365 bits per heavy atom. The lowest BCUT2D eigenvalue weighted by Gasteiger charge is -2.34. The molecule has 0 atom stereocenters. The molecule has 244 valence electrons. The van der Waals surface area contributed by atoms with Crippen molar-refractivity contribution >= 4 is 43.9 Å². The van der Waals surface area contributed by atoms with E-state index in [-0.39, 0.29) is 0 Å². The smallest absolute Gasteiger partial charge is 0.143 e. The van der Waals surface area contributed by atoms with Gasteiger partial charge in [0.15, 0.2) is 0 Å². The van der Waals surface area contributed by atoms with Crippen LogP contribution >= 0.6 is 0 Å². The number of para-hydroxylation sites is 4. The van der Waals surface area contributed by atoms with Crippen LogP contribution in [0.2, 0.25) is 0 Å². The van der Waals surface area contributed by atoms with Crippen LogP contribution in [-0.2, 0) is 5.41 Å². The first-order valence-electron chi connectivity index (χ1n) is 17.9. The van der Waals surface area contributed by atoms with Crippen molar-refractivity contribution in [2.24, 2.45) is 0 Å². The van der Waals surface area contributed by atoms with E-state index < -0.39 is 5.41 Å². The first kappa shape index (κ1) is 29.1.